The van der Waals surface area contributed by atoms with E-state index in [9.17, 15) is 9.59 Å². The van der Waals surface area contributed by atoms with E-state index in [1.807, 2.05) is 55.5 Å². The van der Waals surface area contributed by atoms with Crippen molar-refractivity contribution in [3.63, 3.8) is 0 Å². The van der Waals surface area contributed by atoms with Crippen molar-refractivity contribution in [3.8, 4) is 0 Å². The summed E-state index contributed by atoms with van der Waals surface area (Å²) in [6, 6.07) is 18.3. The van der Waals surface area contributed by atoms with E-state index < -0.39 is 0 Å². The number of nitrogen functional groups attached to an aromatic ring is 1. The van der Waals surface area contributed by atoms with Gasteiger partial charge >= 0.3 is 0 Å². The Morgan fingerprint density at radius 1 is 0.966 bits per heavy atom. The van der Waals surface area contributed by atoms with E-state index in [2.05, 4.69) is 10.3 Å². The maximum Gasteiger partial charge on any atom is 0.257 e. The van der Waals surface area contributed by atoms with Gasteiger partial charge in [0, 0.05) is 16.6 Å². The number of anilines is 2. The lowest BCUT2D eigenvalue weighted by Crippen LogP contribution is -2.16. The molecule has 5 nitrogen and oxygen atoms in total. The van der Waals surface area contributed by atoms with Crippen molar-refractivity contribution in [2.45, 2.75) is 13.8 Å². The number of hydrogen-bond acceptors (Lipinski definition) is 5. The minimum absolute atomic E-state index is 0.140. The zero-order chi connectivity index (χ0) is 20.5. The first-order chi connectivity index (χ1) is 14.0. The van der Waals surface area contributed by atoms with Crippen molar-refractivity contribution >= 4 is 44.6 Å². The Labute approximate surface area is 172 Å². The molecule has 4 rings (SSSR count). The highest BCUT2D eigenvalue weighted by atomic mass is 32.1. The number of pyridine rings is 1. The Bertz CT molecular complexity index is 1230. The summed E-state index contributed by atoms with van der Waals surface area (Å²) in [5, 5.41) is 3.56. The van der Waals surface area contributed by atoms with Gasteiger partial charge in [-0.2, -0.15) is 0 Å². The number of nitrogens with zero attached hydrogens (tertiary/aromatic N) is 1. The van der Waals surface area contributed by atoms with Crippen molar-refractivity contribution in [1.29, 1.82) is 0 Å². The highest BCUT2D eigenvalue weighted by Crippen LogP contribution is 2.38. The molecule has 0 aliphatic carbocycles. The summed E-state index contributed by atoms with van der Waals surface area (Å²) in [7, 11) is 0. The minimum atomic E-state index is -0.248. The van der Waals surface area contributed by atoms with Gasteiger partial charge in [0.15, 0.2) is 0 Å². The molecule has 0 aliphatic heterocycles. The number of rotatable bonds is 4. The van der Waals surface area contributed by atoms with Gasteiger partial charge in [0.1, 0.15) is 9.71 Å². The fraction of sp³-hybridized carbons (Fsp3) is 0.0870. The molecule has 0 atom stereocenters. The quantitative estimate of drug-likeness (QED) is 0.472. The summed E-state index contributed by atoms with van der Waals surface area (Å²) < 4.78 is 0. The first kappa shape index (κ1) is 18.8. The van der Waals surface area contributed by atoms with Crippen molar-refractivity contribution < 1.29 is 9.59 Å². The van der Waals surface area contributed by atoms with Crippen LogP contribution in [0.25, 0.3) is 10.2 Å². The van der Waals surface area contributed by atoms with Crippen LogP contribution in [0.1, 0.15) is 36.9 Å². The molecular formula is C23H19N3O2S. The monoisotopic (exact) mass is 401 g/mol. The van der Waals surface area contributed by atoms with Gasteiger partial charge in [0.25, 0.3) is 5.91 Å². The molecule has 0 saturated carbocycles. The van der Waals surface area contributed by atoms with Crippen LogP contribution in [0, 0.1) is 13.8 Å². The molecule has 2 aromatic heterocycles. The summed E-state index contributed by atoms with van der Waals surface area (Å²) in [6.45, 7) is 3.64. The second kappa shape index (κ2) is 7.48. The van der Waals surface area contributed by atoms with Crippen LogP contribution in [-0.2, 0) is 0 Å². The fourth-order valence-electron chi connectivity index (χ4n) is 3.42. The summed E-state index contributed by atoms with van der Waals surface area (Å²) in [6.07, 6.45) is 0. The molecule has 0 aliphatic rings. The second-order valence-corrected chi connectivity index (χ2v) is 7.74. The number of carbonyl (C=O) groups excluding carboxylic acids is 2. The van der Waals surface area contributed by atoms with Crippen LogP contribution in [0.3, 0.4) is 0 Å². The van der Waals surface area contributed by atoms with Gasteiger partial charge in [-0.25, -0.2) is 4.98 Å². The number of carbonyl (C=O) groups is 2. The fourth-order valence-corrected chi connectivity index (χ4v) is 4.58. The topological polar surface area (TPSA) is 85.1 Å². The van der Waals surface area contributed by atoms with Crippen molar-refractivity contribution in [3.05, 3.63) is 87.9 Å². The molecule has 29 heavy (non-hydrogen) atoms. The molecule has 0 radical (unpaired) electrons. The van der Waals surface area contributed by atoms with Gasteiger partial charge in [0.05, 0.1) is 16.9 Å². The van der Waals surface area contributed by atoms with Crippen molar-refractivity contribution in [2.75, 3.05) is 11.1 Å². The number of ketones is 1. The molecule has 0 unspecified atom stereocenters. The maximum absolute atomic E-state index is 12.9. The lowest BCUT2D eigenvalue weighted by Gasteiger charge is -2.11. The molecule has 0 saturated heterocycles. The van der Waals surface area contributed by atoms with Gasteiger partial charge in [-0.15, -0.1) is 11.3 Å². The number of aromatic nitrogens is 1. The Balaban J connectivity index is 1.80. The minimum Gasteiger partial charge on any atom is -0.397 e. The molecule has 2 aromatic carbocycles. The van der Waals surface area contributed by atoms with E-state index in [0.717, 1.165) is 5.56 Å². The van der Waals surface area contributed by atoms with E-state index in [1.54, 1.807) is 19.1 Å². The number of aryl methyl sites for hydroxylation is 2. The van der Waals surface area contributed by atoms with E-state index >= 15 is 0 Å². The third-order valence-corrected chi connectivity index (χ3v) is 5.91. The van der Waals surface area contributed by atoms with Gasteiger partial charge in [-0.3, -0.25) is 9.59 Å². The number of nitrogens with two attached hydrogens (primary N) is 1. The number of hydrogen-bond donors (Lipinski definition) is 2. The van der Waals surface area contributed by atoms with E-state index in [1.165, 1.54) is 11.3 Å². The number of nitrogens with one attached hydrogen (secondary N) is 1. The molecule has 3 N–H and O–H groups in total. The predicted molar refractivity (Wildman–Crippen MR) is 118 cm³/mol. The summed E-state index contributed by atoms with van der Waals surface area (Å²) in [4.78, 5) is 31.5. The van der Waals surface area contributed by atoms with Crippen molar-refractivity contribution in [2.24, 2.45) is 0 Å². The molecular weight excluding hydrogens is 382 g/mol. The number of fused-ring (bicyclic) bond motifs is 1. The number of benzene rings is 2. The Hall–Kier alpha value is -3.51. The maximum atomic E-state index is 12.9. The molecule has 6 heteroatoms. The van der Waals surface area contributed by atoms with E-state index in [4.69, 9.17) is 5.73 Å². The zero-order valence-corrected chi connectivity index (χ0v) is 16.8. The smallest absolute Gasteiger partial charge is 0.257 e. The van der Waals surface area contributed by atoms with E-state index in [0.29, 0.717) is 43.3 Å². The standard InChI is InChI=1S/C23H19N3O2S/c1-13-17(22(28)26-16-11-7-4-8-12-16)14(2)25-23-18(13)19(24)21(29-23)20(27)15-9-5-3-6-10-15/h3-12H,24H2,1-2H3,(H,26,28). The number of thiophene rings is 1. The Morgan fingerprint density at radius 3 is 2.24 bits per heavy atom. The van der Waals surface area contributed by atoms with Crippen LogP contribution < -0.4 is 11.1 Å². The Morgan fingerprint density at radius 2 is 1.59 bits per heavy atom. The SMILES string of the molecule is Cc1nc2sc(C(=O)c3ccccc3)c(N)c2c(C)c1C(=O)Nc1ccccc1. The lowest BCUT2D eigenvalue weighted by molar-refractivity contribution is 0.102. The molecule has 0 bridgehead atoms. The molecule has 4 aromatic rings. The Kier molecular flexibility index (Phi) is 4.86. The average molecular weight is 401 g/mol. The highest BCUT2D eigenvalue weighted by Gasteiger charge is 2.24. The molecule has 144 valence electrons. The number of amides is 1. The van der Waals surface area contributed by atoms with Crippen LogP contribution in [0.4, 0.5) is 11.4 Å². The van der Waals surface area contributed by atoms with Crippen LogP contribution >= 0.6 is 11.3 Å². The van der Waals surface area contributed by atoms with Crippen LogP contribution in [0.5, 0.6) is 0 Å². The van der Waals surface area contributed by atoms with Gasteiger partial charge in [-0.05, 0) is 31.5 Å². The van der Waals surface area contributed by atoms with Gasteiger partial charge in [-0.1, -0.05) is 48.5 Å². The van der Waals surface area contributed by atoms with Crippen LogP contribution in [0.2, 0.25) is 0 Å². The second-order valence-electron chi connectivity index (χ2n) is 6.74. The summed E-state index contributed by atoms with van der Waals surface area (Å²) in [5.74, 6) is -0.388. The highest BCUT2D eigenvalue weighted by molar-refractivity contribution is 7.21. The average Bonchev–Trinajstić information content (AvgIpc) is 3.05. The summed E-state index contributed by atoms with van der Waals surface area (Å²) in [5.41, 5.74) is 9.82. The number of para-hydroxylation sites is 1. The summed E-state index contributed by atoms with van der Waals surface area (Å²) >= 11 is 1.26. The van der Waals surface area contributed by atoms with Crippen LogP contribution in [0.15, 0.2) is 60.7 Å². The molecule has 2 heterocycles. The largest absolute Gasteiger partial charge is 0.397 e. The molecule has 1 amide bonds. The van der Waals surface area contributed by atoms with Crippen LogP contribution in [-0.4, -0.2) is 16.7 Å². The molecule has 0 spiro atoms. The van der Waals surface area contributed by atoms with Crippen molar-refractivity contribution in [1.82, 2.24) is 4.98 Å². The first-order valence-corrected chi connectivity index (χ1v) is 9.94. The third-order valence-electron chi connectivity index (χ3n) is 4.81. The molecule has 0 fully saturated rings. The van der Waals surface area contributed by atoms with Gasteiger partial charge in [0.2, 0.25) is 5.78 Å². The zero-order valence-electron chi connectivity index (χ0n) is 16.0. The predicted octanol–water partition coefficient (Wildman–Crippen LogP) is 4.98. The first-order valence-electron chi connectivity index (χ1n) is 9.12. The van der Waals surface area contributed by atoms with Gasteiger partial charge < -0.3 is 11.1 Å². The third kappa shape index (κ3) is 3.39. The van der Waals surface area contributed by atoms with E-state index in [-0.39, 0.29) is 11.7 Å². The lowest BCUT2D eigenvalue weighted by atomic mass is 10.0. The normalized spacial score (nSPS) is 10.8.